The number of aryl methyl sites for hydroxylation is 2. The number of nitrogens with zero attached hydrogens (tertiary/aromatic N) is 3. The molecule has 0 bridgehead atoms. The zero-order valence-corrected chi connectivity index (χ0v) is 11.5. The minimum Gasteiger partial charge on any atom is -0.464 e. The van der Waals surface area contributed by atoms with Gasteiger partial charge in [0.05, 0.1) is 6.04 Å². The number of hydrogen-bond acceptors (Lipinski definition) is 5. The molecule has 0 aliphatic carbocycles. The van der Waals surface area contributed by atoms with E-state index in [-0.39, 0.29) is 11.7 Å². The van der Waals surface area contributed by atoms with Crippen LogP contribution in [0.1, 0.15) is 30.3 Å². The number of aromatic amines is 1. The minimum absolute atomic E-state index is 0.0243. The van der Waals surface area contributed by atoms with Crippen molar-refractivity contribution < 1.29 is 4.42 Å². The first-order valence-corrected chi connectivity index (χ1v) is 6.32. The van der Waals surface area contributed by atoms with Gasteiger partial charge in [-0.3, -0.25) is 0 Å². The summed E-state index contributed by atoms with van der Waals surface area (Å²) < 4.78 is 7.00. The predicted molar refractivity (Wildman–Crippen MR) is 73.8 cm³/mol. The first-order chi connectivity index (χ1) is 9.54. The highest BCUT2D eigenvalue weighted by atomic mass is 16.3. The average molecular weight is 273 g/mol. The molecule has 104 valence electrons. The number of fused-ring (bicyclic) bond motifs is 1. The largest absolute Gasteiger partial charge is 0.464 e. The Bertz CT molecular complexity index is 814. The standard InChI is InChI=1S/C13H15N5O2/c1-7-4-5-10(20-7)8(2)14-11-6-12-16-17-13(19)18(12)9(3)15-11/h4-6,8,14H,1-3H3,(H,17,19). The third kappa shape index (κ3) is 2.07. The van der Waals surface area contributed by atoms with E-state index >= 15 is 0 Å². The SMILES string of the molecule is Cc1ccc(C(C)Nc2cc3n[nH]c(=O)n3c(C)n2)o1. The zero-order valence-electron chi connectivity index (χ0n) is 11.5. The zero-order chi connectivity index (χ0) is 14.3. The monoisotopic (exact) mass is 273 g/mol. The number of H-pyrrole nitrogens is 1. The molecule has 0 saturated carbocycles. The summed E-state index contributed by atoms with van der Waals surface area (Å²) in [5.41, 5.74) is 0.249. The third-order valence-corrected chi connectivity index (χ3v) is 3.12. The molecule has 0 radical (unpaired) electrons. The first-order valence-electron chi connectivity index (χ1n) is 6.32. The Kier molecular flexibility index (Phi) is 2.81. The first kappa shape index (κ1) is 12.5. The fourth-order valence-electron chi connectivity index (χ4n) is 2.15. The topological polar surface area (TPSA) is 88.2 Å². The van der Waals surface area contributed by atoms with Crippen molar-refractivity contribution in [1.82, 2.24) is 19.6 Å². The maximum atomic E-state index is 11.5. The lowest BCUT2D eigenvalue weighted by Gasteiger charge is -2.12. The van der Waals surface area contributed by atoms with Gasteiger partial charge in [0.15, 0.2) is 5.65 Å². The van der Waals surface area contributed by atoms with Gasteiger partial charge in [0.2, 0.25) is 0 Å². The number of nitrogens with one attached hydrogen (secondary N) is 2. The second-order valence-electron chi connectivity index (χ2n) is 4.73. The van der Waals surface area contributed by atoms with Gasteiger partial charge in [0, 0.05) is 6.07 Å². The lowest BCUT2D eigenvalue weighted by atomic mass is 10.2. The Balaban J connectivity index is 1.93. The lowest BCUT2D eigenvalue weighted by molar-refractivity contribution is 0.466. The fraction of sp³-hybridized carbons (Fsp3) is 0.308. The molecule has 3 rings (SSSR count). The molecule has 0 amide bonds. The Morgan fingerprint density at radius 1 is 1.40 bits per heavy atom. The van der Waals surface area contributed by atoms with Crippen LogP contribution in [0, 0.1) is 13.8 Å². The number of rotatable bonds is 3. The van der Waals surface area contributed by atoms with Crippen LogP contribution in [0.4, 0.5) is 5.82 Å². The van der Waals surface area contributed by atoms with Gasteiger partial charge in [-0.05, 0) is 32.9 Å². The Morgan fingerprint density at radius 2 is 2.20 bits per heavy atom. The van der Waals surface area contributed by atoms with E-state index in [4.69, 9.17) is 4.42 Å². The van der Waals surface area contributed by atoms with E-state index in [1.54, 1.807) is 13.0 Å². The average Bonchev–Trinajstić information content (AvgIpc) is 2.96. The molecule has 7 heteroatoms. The summed E-state index contributed by atoms with van der Waals surface area (Å²) in [4.78, 5) is 15.9. The van der Waals surface area contributed by atoms with Crippen molar-refractivity contribution in [1.29, 1.82) is 0 Å². The van der Waals surface area contributed by atoms with E-state index in [1.165, 1.54) is 4.40 Å². The smallest absolute Gasteiger partial charge is 0.349 e. The highest BCUT2D eigenvalue weighted by Gasteiger charge is 2.12. The number of furan rings is 1. The molecule has 0 fully saturated rings. The van der Waals surface area contributed by atoms with Crippen LogP contribution in [-0.4, -0.2) is 19.6 Å². The van der Waals surface area contributed by atoms with Gasteiger partial charge >= 0.3 is 5.69 Å². The summed E-state index contributed by atoms with van der Waals surface area (Å²) in [6, 6.07) is 5.54. The summed E-state index contributed by atoms with van der Waals surface area (Å²) in [5.74, 6) is 2.93. The van der Waals surface area contributed by atoms with Gasteiger partial charge in [0.1, 0.15) is 23.2 Å². The summed E-state index contributed by atoms with van der Waals surface area (Å²) in [7, 11) is 0. The van der Waals surface area contributed by atoms with Gasteiger partial charge in [-0.2, -0.15) is 5.10 Å². The van der Waals surface area contributed by atoms with E-state index in [1.807, 2.05) is 26.0 Å². The molecule has 0 aliphatic rings. The van der Waals surface area contributed by atoms with E-state index in [0.29, 0.717) is 17.3 Å². The van der Waals surface area contributed by atoms with Crippen molar-refractivity contribution >= 4 is 11.5 Å². The van der Waals surface area contributed by atoms with E-state index in [2.05, 4.69) is 20.5 Å². The fourth-order valence-corrected chi connectivity index (χ4v) is 2.15. The van der Waals surface area contributed by atoms with E-state index in [0.717, 1.165) is 11.5 Å². The Labute approximate surface area is 114 Å². The van der Waals surface area contributed by atoms with Crippen LogP contribution in [-0.2, 0) is 0 Å². The predicted octanol–water partition coefficient (Wildman–Crippen LogP) is 1.80. The van der Waals surface area contributed by atoms with Crippen molar-refractivity contribution in [3.63, 3.8) is 0 Å². The quantitative estimate of drug-likeness (QED) is 0.759. The van der Waals surface area contributed by atoms with Gasteiger partial charge in [-0.25, -0.2) is 19.3 Å². The van der Waals surface area contributed by atoms with Gasteiger partial charge < -0.3 is 9.73 Å². The van der Waals surface area contributed by atoms with Crippen molar-refractivity contribution in [2.45, 2.75) is 26.8 Å². The maximum Gasteiger partial charge on any atom is 0.349 e. The second kappa shape index (κ2) is 4.52. The molecule has 3 aromatic rings. The molecule has 7 nitrogen and oxygen atoms in total. The molecule has 0 spiro atoms. The highest BCUT2D eigenvalue weighted by molar-refractivity contribution is 5.50. The van der Waals surface area contributed by atoms with Crippen LogP contribution >= 0.6 is 0 Å². The molecule has 1 unspecified atom stereocenters. The van der Waals surface area contributed by atoms with Crippen LogP contribution in [0.3, 0.4) is 0 Å². The van der Waals surface area contributed by atoms with Gasteiger partial charge in [-0.1, -0.05) is 0 Å². The maximum absolute atomic E-state index is 11.5. The highest BCUT2D eigenvalue weighted by Crippen LogP contribution is 2.20. The molecule has 3 aromatic heterocycles. The lowest BCUT2D eigenvalue weighted by Crippen LogP contribution is -2.15. The van der Waals surface area contributed by atoms with Crippen LogP contribution < -0.4 is 11.0 Å². The van der Waals surface area contributed by atoms with Crippen LogP contribution in [0.5, 0.6) is 0 Å². The number of hydrogen-bond donors (Lipinski definition) is 2. The van der Waals surface area contributed by atoms with Gasteiger partial charge in [-0.15, -0.1) is 0 Å². The van der Waals surface area contributed by atoms with Crippen LogP contribution in [0.15, 0.2) is 27.4 Å². The van der Waals surface area contributed by atoms with E-state index in [9.17, 15) is 4.79 Å². The summed E-state index contributed by atoms with van der Waals surface area (Å²) in [6.45, 7) is 5.65. The van der Waals surface area contributed by atoms with Crippen LogP contribution in [0.2, 0.25) is 0 Å². The molecular formula is C13H15N5O2. The van der Waals surface area contributed by atoms with E-state index < -0.39 is 0 Å². The molecule has 3 heterocycles. The summed E-state index contributed by atoms with van der Waals surface area (Å²) in [6.07, 6.45) is 0. The Hall–Kier alpha value is -2.57. The molecule has 0 aliphatic heterocycles. The minimum atomic E-state index is -0.286. The molecular weight excluding hydrogens is 258 g/mol. The normalized spacial score (nSPS) is 12.8. The molecule has 1 atom stereocenters. The molecule has 0 saturated heterocycles. The van der Waals surface area contributed by atoms with Crippen molar-refractivity contribution in [2.24, 2.45) is 0 Å². The molecule has 2 N–H and O–H groups in total. The van der Waals surface area contributed by atoms with Crippen molar-refractivity contribution in [3.8, 4) is 0 Å². The molecule has 20 heavy (non-hydrogen) atoms. The second-order valence-corrected chi connectivity index (χ2v) is 4.73. The van der Waals surface area contributed by atoms with Crippen molar-refractivity contribution in [3.05, 3.63) is 46.0 Å². The number of anilines is 1. The van der Waals surface area contributed by atoms with Gasteiger partial charge in [0.25, 0.3) is 0 Å². The van der Waals surface area contributed by atoms with Crippen molar-refractivity contribution in [2.75, 3.05) is 5.32 Å². The van der Waals surface area contributed by atoms with Crippen LogP contribution in [0.25, 0.3) is 5.65 Å². The third-order valence-electron chi connectivity index (χ3n) is 3.12. The Morgan fingerprint density at radius 3 is 2.90 bits per heavy atom. The molecule has 0 aromatic carbocycles. The number of aromatic nitrogens is 4. The summed E-state index contributed by atoms with van der Waals surface area (Å²) >= 11 is 0. The summed E-state index contributed by atoms with van der Waals surface area (Å²) in [5, 5.41) is 9.59.